The number of hydrogen-bond donors (Lipinski definition) is 0. The summed E-state index contributed by atoms with van der Waals surface area (Å²) in [6, 6.07) is 8.56. The summed E-state index contributed by atoms with van der Waals surface area (Å²) < 4.78 is 12.1. The summed E-state index contributed by atoms with van der Waals surface area (Å²) in [5.41, 5.74) is 0.764. The zero-order valence-electron chi connectivity index (χ0n) is 9.43. The molecule has 5 heteroatoms. The van der Waals surface area contributed by atoms with E-state index in [4.69, 9.17) is 21.1 Å². The molecule has 0 bridgehead atoms. The van der Waals surface area contributed by atoms with Gasteiger partial charge in [-0.25, -0.2) is 0 Å². The highest BCUT2D eigenvalue weighted by Crippen LogP contribution is 2.36. The van der Waals surface area contributed by atoms with Crippen molar-refractivity contribution < 1.29 is 9.47 Å². The van der Waals surface area contributed by atoms with Crippen molar-refractivity contribution in [3.8, 4) is 11.5 Å². The number of fused-ring (bicyclic) bond motifs is 1. The van der Waals surface area contributed by atoms with Crippen LogP contribution in [0.1, 0.15) is 5.56 Å². The van der Waals surface area contributed by atoms with Crippen LogP contribution in [0.3, 0.4) is 0 Å². The predicted molar refractivity (Wildman–Crippen MR) is 67.4 cm³/mol. The van der Waals surface area contributed by atoms with Gasteiger partial charge in [0, 0.05) is 23.4 Å². The van der Waals surface area contributed by atoms with Crippen molar-refractivity contribution in [2.24, 2.45) is 0 Å². The first-order valence-corrected chi connectivity index (χ1v) is 5.85. The van der Waals surface area contributed by atoms with Crippen LogP contribution in [0.5, 0.6) is 11.5 Å². The molecule has 2 heterocycles. The fourth-order valence-corrected chi connectivity index (χ4v) is 2.07. The zero-order chi connectivity index (χ0) is 12.5. The Bertz CT molecular complexity index is 651. The van der Waals surface area contributed by atoms with Gasteiger partial charge < -0.3 is 14.0 Å². The third-order valence-electron chi connectivity index (χ3n) is 2.78. The van der Waals surface area contributed by atoms with Gasteiger partial charge in [0.2, 0.25) is 6.79 Å². The minimum absolute atomic E-state index is 0.0637. The molecule has 2 aromatic rings. The van der Waals surface area contributed by atoms with Gasteiger partial charge in [-0.05, 0) is 17.7 Å². The summed E-state index contributed by atoms with van der Waals surface area (Å²) in [6.07, 6.45) is 1.73. The molecule has 0 saturated heterocycles. The van der Waals surface area contributed by atoms with Crippen molar-refractivity contribution in [2.45, 2.75) is 6.54 Å². The van der Waals surface area contributed by atoms with Crippen molar-refractivity contribution in [3.63, 3.8) is 0 Å². The summed E-state index contributed by atoms with van der Waals surface area (Å²) in [4.78, 5) is 11.6. The molecule has 0 radical (unpaired) electrons. The number of hydrogen-bond acceptors (Lipinski definition) is 3. The average Bonchev–Trinajstić information content (AvgIpc) is 2.79. The number of benzene rings is 1. The van der Waals surface area contributed by atoms with Gasteiger partial charge in [0.1, 0.15) is 0 Å². The molecule has 3 rings (SSSR count). The number of nitrogens with zero attached hydrogens (tertiary/aromatic N) is 1. The van der Waals surface area contributed by atoms with E-state index in [1.165, 1.54) is 6.07 Å². The van der Waals surface area contributed by atoms with Gasteiger partial charge in [-0.3, -0.25) is 4.79 Å². The quantitative estimate of drug-likeness (QED) is 0.835. The van der Waals surface area contributed by atoms with E-state index in [0.29, 0.717) is 23.1 Å². The van der Waals surface area contributed by atoms with Crippen LogP contribution >= 0.6 is 11.6 Å². The van der Waals surface area contributed by atoms with E-state index in [1.54, 1.807) is 22.9 Å². The molecular formula is C13H10ClNO3. The fraction of sp³-hybridized carbons (Fsp3) is 0.154. The van der Waals surface area contributed by atoms with Crippen molar-refractivity contribution in [3.05, 3.63) is 57.5 Å². The normalized spacial score (nSPS) is 12.7. The molecule has 92 valence electrons. The molecule has 1 aromatic carbocycles. The lowest BCUT2D eigenvalue weighted by Gasteiger charge is -2.08. The summed E-state index contributed by atoms with van der Waals surface area (Å²) in [5, 5.41) is 0.565. The van der Waals surface area contributed by atoms with Crippen LogP contribution in [0.25, 0.3) is 0 Å². The van der Waals surface area contributed by atoms with Crippen LogP contribution in [-0.2, 0) is 6.54 Å². The Balaban J connectivity index is 1.99. The molecule has 0 amide bonds. The predicted octanol–water partition coefficient (Wildman–Crippen LogP) is 2.28. The topological polar surface area (TPSA) is 40.5 Å². The van der Waals surface area contributed by atoms with Crippen molar-refractivity contribution in [2.75, 3.05) is 6.79 Å². The van der Waals surface area contributed by atoms with E-state index in [0.717, 1.165) is 5.56 Å². The Hall–Kier alpha value is -1.94. The molecule has 0 unspecified atom stereocenters. The summed E-state index contributed by atoms with van der Waals surface area (Å²) >= 11 is 6.16. The van der Waals surface area contributed by atoms with Gasteiger partial charge >= 0.3 is 0 Å². The summed E-state index contributed by atoms with van der Waals surface area (Å²) in [6.45, 7) is 0.621. The van der Waals surface area contributed by atoms with Gasteiger partial charge in [0.05, 0.1) is 6.54 Å². The van der Waals surface area contributed by atoms with E-state index < -0.39 is 0 Å². The lowest BCUT2D eigenvalue weighted by atomic mass is 10.2. The molecule has 4 nitrogen and oxygen atoms in total. The van der Waals surface area contributed by atoms with E-state index in [9.17, 15) is 4.79 Å². The van der Waals surface area contributed by atoms with E-state index in [1.807, 2.05) is 12.1 Å². The van der Waals surface area contributed by atoms with Crippen LogP contribution in [0, 0.1) is 0 Å². The van der Waals surface area contributed by atoms with Crippen LogP contribution < -0.4 is 15.0 Å². The van der Waals surface area contributed by atoms with Crippen LogP contribution in [0.4, 0.5) is 0 Å². The molecule has 0 fully saturated rings. The van der Waals surface area contributed by atoms with Crippen LogP contribution in [0.15, 0.2) is 41.3 Å². The third kappa shape index (κ3) is 1.95. The second-order valence-electron chi connectivity index (χ2n) is 3.96. The first-order valence-electron chi connectivity index (χ1n) is 5.47. The molecule has 0 aliphatic carbocycles. The molecule has 0 atom stereocenters. The molecule has 0 N–H and O–H groups in total. The molecule has 0 saturated carbocycles. The second kappa shape index (κ2) is 4.38. The highest BCUT2D eigenvalue weighted by atomic mass is 35.5. The SMILES string of the molecule is O=c1ccccn1Cc1cc2c(cc1Cl)OCO2. The van der Waals surface area contributed by atoms with Crippen molar-refractivity contribution in [1.29, 1.82) is 0 Å². The highest BCUT2D eigenvalue weighted by Gasteiger charge is 2.16. The minimum Gasteiger partial charge on any atom is -0.454 e. The average molecular weight is 264 g/mol. The molecule has 18 heavy (non-hydrogen) atoms. The molecule has 1 aliphatic heterocycles. The maximum Gasteiger partial charge on any atom is 0.250 e. The van der Waals surface area contributed by atoms with E-state index in [-0.39, 0.29) is 12.4 Å². The Morgan fingerprint density at radius 2 is 2.00 bits per heavy atom. The van der Waals surface area contributed by atoms with Crippen molar-refractivity contribution >= 4 is 11.6 Å². The van der Waals surface area contributed by atoms with Gasteiger partial charge in [0.25, 0.3) is 5.56 Å². The van der Waals surface area contributed by atoms with Gasteiger partial charge in [-0.2, -0.15) is 0 Å². The maximum atomic E-state index is 11.6. The van der Waals surface area contributed by atoms with Crippen molar-refractivity contribution in [1.82, 2.24) is 4.57 Å². The highest BCUT2D eigenvalue weighted by molar-refractivity contribution is 6.31. The monoisotopic (exact) mass is 263 g/mol. The molecule has 0 spiro atoms. The number of aromatic nitrogens is 1. The number of rotatable bonds is 2. The number of pyridine rings is 1. The zero-order valence-corrected chi connectivity index (χ0v) is 10.2. The molecular weight excluding hydrogens is 254 g/mol. The first kappa shape index (κ1) is 11.2. The van der Waals surface area contributed by atoms with Crippen LogP contribution in [-0.4, -0.2) is 11.4 Å². The minimum atomic E-state index is -0.0637. The van der Waals surface area contributed by atoms with Gasteiger partial charge in [-0.15, -0.1) is 0 Å². The fourth-order valence-electron chi connectivity index (χ4n) is 1.86. The Morgan fingerprint density at radius 3 is 2.78 bits per heavy atom. The molecule has 1 aliphatic rings. The second-order valence-corrected chi connectivity index (χ2v) is 4.37. The lowest BCUT2D eigenvalue weighted by molar-refractivity contribution is 0.174. The Labute approximate surface area is 108 Å². The number of halogens is 1. The smallest absolute Gasteiger partial charge is 0.250 e. The first-order chi connectivity index (χ1) is 8.74. The van der Waals surface area contributed by atoms with Gasteiger partial charge in [0.15, 0.2) is 11.5 Å². The summed E-state index contributed by atoms with van der Waals surface area (Å²) in [7, 11) is 0. The maximum absolute atomic E-state index is 11.6. The van der Waals surface area contributed by atoms with Gasteiger partial charge in [-0.1, -0.05) is 17.7 Å². The standard InChI is InChI=1S/C13H10ClNO3/c14-10-6-12-11(17-8-18-12)5-9(10)7-15-4-2-1-3-13(15)16/h1-6H,7-8H2. The lowest BCUT2D eigenvalue weighted by Crippen LogP contribution is -2.18. The Kier molecular flexibility index (Phi) is 2.72. The van der Waals surface area contributed by atoms with E-state index >= 15 is 0 Å². The third-order valence-corrected chi connectivity index (χ3v) is 3.13. The van der Waals surface area contributed by atoms with Crippen LogP contribution in [0.2, 0.25) is 5.02 Å². The number of ether oxygens (including phenoxy) is 2. The largest absolute Gasteiger partial charge is 0.454 e. The summed E-state index contributed by atoms with van der Waals surface area (Å²) in [5.74, 6) is 1.31. The molecule has 1 aromatic heterocycles. The van der Waals surface area contributed by atoms with E-state index in [2.05, 4.69) is 0 Å². The Morgan fingerprint density at radius 1 is 1.22 bits per heavy atom.